The van der Waals surface area contributed by atoms with E-state index in [0.717, 1.165) is 20.3 Å². The Morgan fingerprint density at radius 3 is 2.56 bits per heavy atom. The zero-order valence-corrected chi connectivity index (χ0v) is 11.5. The Labute approximate surface area is 111 Å². The summed E-state index contributed by atoms with van der Waals surface area (Å²) in [4.78, 5) is 3.96. The van der Waals surface area contributed by atoms with Crippen LogP contribution in [-0.4, -0.2) is 4.98 Å². The molecule has 1 aromatic heterocycles. The number of halogens is 2. The summed E-state index contributed by atoms with van der Waals surface area (Å²) in [7, 11) is 0. The number of pyridine rings is 1. The monoisotopic (exact) mass is 341 g/mol. The van der Waals surface area contributed by atoms with Crippen LogP contribution in [0.5, 0.6) is 5.75 Å². The summed E-state index contributed by atoms with van der Waals surface area (Å²) >= 11 is 6.86. The minimum absolute atomic E-state index is 0.539. The van der Waals surface area contributed by atoms with Gasteiger partial charge >= 0.3 is 0 Å². The first-order chi connectivity index (χ1) is 7.75. The van der Waals surface area contributed by atoms with E-state index in [2.05, 4.69) is 36.8 Å². The lowest BCUT2D eigenvalue weighted by Crippen LogP contribution is -1.95. The molecule has 2 aromatic rings. The van der Waals surface area contributed by atoms with Crippen molar-refractivity contribution < 1.29 is 4.74 Å². The zero-order chi connectivity index (χ0) is 11.4. The SMILES string of the molecule is Brc1ccc(Br)c(OCc2ccncc2)c1. The second kappa shape index (κ2) is 5.46. The Morgan fingerprint density at radius 2 is 1.81 bits per heavy atom. The van der Waals surface area contributed by atoms with Crippen LogP contribution in [0.1, 0.15) is 5.56 Å². The molecule has 0 amide bonds. The molecule has 0 bridgehead atoms. The Morgan fingerprint density at radius 1 is 1.06 bits per heavy atom. The van der Waals surface area contributed by atoms with E-state index in [-0.39, 0.29) is 0 Å². The van der Waals surface area contributed by atoms with E-state index in [0.29, 0.717) is 6.61 Å². The summed E-state index contributed by atoms with van der Waals surface area (Å²) < 4.78 is 7.65. The maximum atomic E-state index is 5.70. The van der Waals surface area contributed by atoms with Gasteiger partial charge in [0, 0.05) is 16.9 Å². The van der Waals surface area contributed by atoms with Gasteiger partial charge in [-0.15, -0.1) is 0 Å². The normalized spacial score (nSPS) is 10.1. The quantitative estimate of drug-likeness (QED) is 0.834. The van der Waals surface area contributed by atoms with Crippen molar-refractivity contribution in [3.05, 3.63) is 57.2 Å². The van der Waals surface area contributed by atoms with Gasteiger partial charge in [0.15, 0.2) is 0 Å². The molecule has 0 atom stereocenters. The Bertz CT molecular complexity index is 474. The van der Waals surface area contributed by atoms with Crippen molar-refractivity contribution in [3.8, 4) is 5.75 Å². The molecule has 2 nitrogen and oxygen atoms in total. The standard InChI is InChI=1S/C12H9Br2NO/c13-10-1-2-11(14)12(7-10)16-8-9-3-5-15-6-4-9/h1-7H,8H2. The van der Waals surface area contributed by atoms with E-state index in [1.165, 1.54) is 0 Å². The topological polar surface area (TPSA) is 22.1 Å². The molecule has 0 aliphatic carbocycles. The highest BCUT2D eigenvalue weighted by Crippen LogP contribution is 2.28. The number of ether oxygens (including phenoxy) is 1. The lowest BCUT2D eigenvalue weighted by atomic mass is 10.3. The summed E-state index contributed by atoms with van der Waals surface area (Å²) in [6, 6.07) is 9.72. The molecular weight excluding hydrogens is 334 g/mol. The van der Waals surface area contributed by atoms with Crippen molar-refractivity contribution in [2.75, 3.05) is 0 Å². The van der Waals surface area contributed by atoms with Crippen LogP contribution in [0, 0.1) is 0 Å². The minimum Gasteiger partial charge on any atom is -0.488 e. The summed E-state index contributed by atoms with van der Waals surface area (Å²) in [5.74, 6) is 0.825. The van der Waals surface area contributed by atoms with Crippen molar-refractivity contribution in [1.29, 1.82) is 0 Å². The van der Waals surface area contributed by atoms with Gasteiger partial charge in [0.05, 0.1) is 4.47 Å². The van der Waals surface area contributed by atoms with Crippen LogP contribution in [0.3, 0.4) is 0 Å². The number of hydrogen-bond donors (Lipinski definition) is 0. The van der Waals surface area contributed by atoms with Gasteiger partial charge in [-0.2, -0.15) is 0 Å². The number of rotatable bonds is 3. The number of benzene rings is 1. The third kappa shape index (κ3) is 3.06. The van der Waals surface area contributed by atoms with Crippen LogP contribution in [0.15, 0.2) is 51.7 Å². The van der Waals surface area contributed by atoms with Crippen molar-refractivity contribution in [2.45, 2.75) is 6.61 Å². The second-order valence-electron chi connectivity index (χ2n) is 3.22. The molecule has 0 saturated heterocycles. The largest absolute Gasteiger partial charge is 0.488 e. The van der Waals surface area contributed by atoms with E-state index in [1.54, 1.807) is 12.4 Å². The van der Waals surface area contributed by atoms with Crippen LogP contribution >= 0.6 is 31.9 Å². The minimum atomic E-state index is 0.539. The molecule has 0 spiro atoms. The molecule has 2 rings (SSSR count). The summed E-state index contributed by atoms with van der Waals surface area (Å²) in [6.45, 7) is 0.539. The van der Waals surface area contributed by atoms with E-state index in [1.807, 2.05) is 30.3 Å². The van der Waals surface area contributed by atoms with Gasteiger partial charge in [-0.1, -0.05) is 15.9 Å². The van der Waals surface area contributed by atoms with E-state index < -0.39 is 0 Å². The third-order valence-corrected chi connectivity index (χ3v) is 3.19. The average molecular weight is 343 g/mol. The highest BCUT2D eigenvalue weighted by atomic mass is 79.9. The highest BCUT2D eigenvalue weighted by molar-refractivity contribution is 9.11. The average Bonchev–Trinajstić information content (AvgIpc) is 2.32. The molecule has 0 fully saturated rings. The predicted molar refractivity (Wildman–Crippen MR) is 70.4 cm³/mol. The molecule has 0 N–H and O–H groups in total. The van der Waals surface area contributed by atoms with Crippen molar-refractivity contribution in [1.82, 2.24) is 4.98 Å². The molecular formula is C12H9Br2NO. The first-order valence-corrected chi connectivity index (χ1v) is 6.31. The fraction of sp³-hybridized carbons (Fsp3) is 0.0833. The molecule has 0 radical (unpaired) electrons. The van der Waals surface area contributed by atoms with Crippen LogP contribution in [-0.2, 0) is 6.61 Å². The zero-order valence-electron chi connectivity index (χ0n) is 8.36. The van der Waals surface area contributed by atoms with Crippen LogP contribution in [0.4, 0.5) is 0 Å². The van der Waals surface area contributed by atoms with Gasteiger partial charge in [0.2, 0.25) is 0 Å². The number of aromatic nitrogens is 1. The molecule has 1 aromatic carbocycles. The van der Waals surface area contributed by atoms with Gasteiger partial charge in [-0.05, 0) is 51.8 Å². The van der Waals surface area contributed by atoms with Gasteiger partial charge in [-0.3, -0.25) is 4.98 Å². The van der Waals surface area contributed by atoms with E-state index in [9.17, 15) is 0 Å². The summed E-state index contributed by atoms with van der Waals surface area (Å²) in [5.41, 5.74) is 1.10. The molecule has 0 aliphatic rings. The molecule has 0 unspecified atom stereocenters. The highest BCUT2D eigenvalue weighted by Gasteiger charge is 2.02. The molecule has 1 heterocycles. The maximum absolute atomic E-state index is 5.70. The molecule has 82 valence electrons. The lowest BCUT2D eigenvalue weighted by Gasteiger charge is -2.08. The molecule has 0 aliphatic heterocycles. The lowest BCUT2D eigenvalue weighted by molar-refractivity contribution is 0.304. The van der Waals surface area contributed by atoms with E-state index in [4.69, 9.17) is 4.74 Å². The fourth-order valence-electron chi connectivity index (χ4n) is 1.23. The van der Waals surface area contributed by atoms with Crippen molar-refractivity contribution in [3.63, 3.8) is 0 Å². The Kier molecular flexibility index (Phi) is 3.96. The second-order valence-corrected chi connectivity index (χ2v) is 4.99. The van der Waals surface area contributed by atoms with Crippen LogP contribution in [0.2, 0.25) is 0 Å². The maximum Gasteiger partial charge on any atom is 0.135 e. The molecule has 4 heteroatoms. The third-order valence-electron chi connectivity index (χ3n) is 2.04. The molecule has 16 heavy (non-hydrogen) atoms. The van der Waals surface area contributed by atoms with Gasteiger partial charge in [-0.25, -0.2) is 0 Å². The van der Waals surface area contributed by atoms with Crippen LogP contribution in [0.25, 0.3) is 0 Å². The van der Waals surface area contributed by atoms with E-state index >= 15 is 0 Å². The summed E-state index contributed by atoms with van der Waals surface area (Å²) in [6.07, 6.45) is 3.52. The van der Waals surface area contributed by atoms with Gasteiger partial charge in [0.1, 0.15) is 12.4 Å². The fourth-order valence-corrected chi connectivity index (χ4v) is 1.93. The van der Waals surface area contributed by atoms with Crippen molar-refractivity contribution >= 4 is 31.9 Å². The smallest absolute Gasteiger partial charge is 0.135 e. The predicted octanol–water partition coefficient (Wildman–Crippen LogP) is 4.19. The number of hydrogen-bond acceptors (Lipinski definition) is 2. The summed E-state index contributed by atoms with van der Waals surface area (Å²) in [5, 5.41) is 0. The first-order valence-electron chi connectivity index (χ1n) is 4.72. The molecule has 0 saturated carbocycles. The van der Waals surface area contributed by atoms with Crippen LogP contribution < -0.4 is 4.74 Å². The van der Waals surface area contributed by atoms with Gasteiger partial charge in [0.25, 0.3) is 0 Å². The van der Waals surface area contributed by atoms with Gasteiger partial charge < -0.3 is 4.74 Å². The Balaban J connectivity index is 2.08. The number of nitrogens with zero attached hydrogens (tertiary/aromatic N) is 1. The Hall–Kier alpha value is -0.870. The first kappa shape index (κ1) is 11.6. The van der Waals surface area contributed by atoms with Crippen molar-refractivity contribution in [2.24, 2.45) is 0 Å².